The minimum Gasteiger partial charge on any atom is -0.479 e. The van der Waals surface area contributed by atoms with Gasteiger partial charge in [0, 0.05) is 18.7 Å². The van der Waals surface area contributed by atoms with Crippen LogP contribution >= 0.6 is 0 Å². The molecule has 5 N–H and O–H groups in total. The number of nitrogen functional groups attached to an aromatic ring is 1. The number of carbonyl (C=O) groups is 2. The Morgan fingerprint density at radius 2 is 2.11 bits per heavy atom. The molecule has 0 bridgehead atoms. The largest absolute Gasteiger partial charge is 0.479 e. The summed E-state index contributed by atoms with van der Waals surface area (Å²) < 4.78 is 13.3. The molecule has 1 aromatic carbocycles. The zero-order valence-corrected chi connectivity index (χ0v) is 9.39. The highest BCUT2D eigenvalue weighted by Gasteiger charge is 2.15. The topological polar surface area (TPSA) is 113 Å². The monoisotopic (exact) mass is 256 g/mol. The standard InChI is InChI=1S/C11H13FN2O4/c12-8-5-6(13)1-2-7(8)10(16)14-4-3-9(15)11(17)18/h1-2,5,9,15H,3-4,13H2,(H,14,16)(H,17,18)/t9-/m0/s1. The van der Waals surface area contributed by atoms with Crippen molar-refractivity contribution >= 4 is 17.6 Å². The van der Waals surface area contributed by atoms with E-state index in [1.54, 1.807) is 0 Å². The van der Waals surface area contributed by atoms with Crippen molar-refractivity contribution < 1.29 is 24.2 Å². The smallest absolute Gasteiger partial charge is 0.332 e. The molecule has 0 aliphatic carbocycles. The number of nitrogens with two attached hydrogens (primary N) is 1. The van der Waals surface area contributed by atoms with Gasteiger partial charge in [0.15, 0.2) is 6.10 Å². The Bertz CT molecular complexity index is 464. The lowest BCUT2D eigenvalue weighted by Crippen LogP contribution is -2.30. The van der Waals surface area contributed by atoms with Gasteiger partial charge in [-0.2, -0.15) is 0 Å². The van der Waals surface area contributed by atoms with Crippen LogP contribution in [0.15, 0.2) is 18.2 Å². The number of carbonyl (C=O) groups excluding carboxylic acids is 1. The van der Waals surface area contributed by atoms with Crippen molar-refractivity contribution in [3.05, 3.63) is 29.6 Å². The van der Waals surface area contributed by atoms with Crippen LogP contribution in [0.2, 0.25) is 0 Å². The quantitative estimate of drug-likeness (QED) is 0.553. The van der Waals surface area contributed by atoms with E-state index in [1.165, 1.54) is 12.1 Å². The number of rotatable bonds is 5. The van der Waals surface area contributed by atoms with Crippen LogP contribution in [-0.2, 0) is 4.79 Å². The van der Waals surface area contributed by atoms with Gasteiger partial charge >= 0.3 is 5.97 Å². The predicted octanol–water partition coefficient (Wildman–Crippen LogP) is -0.0267. The Hall–Kier alpha value is -2.15. The number of aliphatic hydroxyl groups excluding tert-OH is 1. The Kier molecular flexibility index (Phi) is 4.61. The lowest BCUT2D eigenvalue weighted by Gasteiger charge is -2.08. The molecule has 0 aromatic heterocycles. The molecule has 0 fully saturated rings. The number of carboxylic acid groups (broad SMARTS) is 1. The van der Waals surface area contributed by atoms with Gasteiger partial charge in [-0.15, -0.1) is 0 Å². The van der Waals surface area contributed by atoms with E-state index in [0.717, 1.165) is 6.07 Å². The summed E-state index contributed by atoms with van der Waals surface area (Å²) in [6, 6.07) is 3.62. The highest BCUT2D eigenvalue weighted by Crippen LogP contribution is 2.11. The molecular formula is C11H13FN2O4. The first-order valence-corrected chi connectivity index (χ1v) is 5.16. The molecule has 1 atom stereocenters. The van der Waals surface area contributed by atoms with Gasteiger partial charge in [0.2, 0.25) is 0 Å². The van der Waals surface area contributed by atoms with Crippen molar-refractivity contribution in [3.8, 4) is 0 Å². The Balaban J connectivity index is 2.53. The number of amides is 1. The fraction of sp³-hybridized carbons (Fsp3) is 0.273. The maximum absolute atomic E-state index is 13.3. The molecule has 0 radical (unpaired) electrons. The first-order chi connectivity index (χ1) is 8.41. The summed E-state index contributed by atoms with van der Waals surface area (Å²) in [5.41, 5.74) is 5.34. The summed E-state index contributed by atoms with van der Waals surface area (Å²) in [5.74, 6) is -2.82. The summed E-state index contributed by atoms with van der Waals surface area (Å²) in [6.07, 6.45) is -1.71. The summed E-state index contributed by atoms with van der Waals surface area (Å²) in [6.45, 7) is -0.0733. The molecule has 7 heteroatoms. The Morgan fingerprint density at radius 1 is 1.44 bits per heavy atom. The van der Waals surface area contributed by atoms with Crippen LogP contribution in [0.25, 0.3) is 0 Å². The molecular weight excluding hydrogens is 243 g/mol. The highest BCUT2D eigenvalue weighted by atomic mass is 19.1. The fourth-order valence-electron chi connectivity index (χ4n) is 1.26. The summed E-state index contributed by atoms with van der Waals surface area (Å²) in [5, 5.41) is 19.7. The van der Waals surface area contributed by atoms with E-state index in [4.69, 9.17) is 15.9 Å². The van der Waals surface area contributed by atoms with Gasteiger partial charge in [-0.3, -0.25) is 4.79 Å². The minimum atomic E-state index is -1.55. The number of aliphatic hydroxyl groups is 1. The van der Waals surface area contributed by atoms with Crippen LogP contribution in [0.4, 0.5) is 10.1 Å². The molecule has 0 aliphatic heterocycles. The second kappa shape index (κ2) is 5.97. The van der Waals surface area contributed by atoms with Gasteiger partial charge in [-0.25, -0.2) is 9.18 Å². The highest BCUT2D eigenvalue weighted by molar-refractivity contribution is 5.94. The van der Waals surface area contributed by atoms with Gasteiger partial charge in [0.1, 0.15) is 5.82 Å². The Morgan fingerprint density at radius 3 is 2.67 bits per heavy atom. The molecule has 18 heavy (non-hydrogen) atoms. The van der Waals surface area contributed by atoms with Gasteiger partial charge in [-0.1, -0.05) is 0 Å². The number of aliphatic carboxylic acids is 1. The van der Waals surface area contributed by atoms with Gasteiger partial charge in [0.05, 0.1) is 5.56 Å². The SMILES string of the molecule is Nc1ccc(C(=O)NCC[C@H](O)C(=O)O)c(F)c1. The zero-order chi connectivity index (χ0) is 13.7. The molecule has 0 saturated heterocycles. The van der Waals surface area contributed by atoms with E-state index in [9.17, 15) is 14.0 Å². The molecule has 1 rings (SSSR count). The van der Waals surface area contributed by atoms with Gasteiger partial charge in [-0.05, 0) is 18.2 Å². The second-order valence-electron chi connectivity index (χ2n) is 3.64. The normalized spacial score (nSPS) is 11.9. The predicted molar refractivity (Wildman–Crippen MR) is 61.4 cm³/mol. The number of anilines is 1. The van der Waals surface area contributed by atoms with Crippen molar-refractivity contribution in [1.29, 1.82) is 0 Å². The van der Waals surface area contributed by atoms with E-state index < -0.39 is 23.8 Å². The molecule has 6 nitrogen and oxygen atoms in total. The molecule has 0 aliphatic rings. The van der Waals surface area contributed by atoms with E-state index in [0.29, 0.717) is 0 Å². The van der Waals surface area contributed by atoms with Crippen molar-refractivity contribution in [2.24, 2.45) is 0 Å². The van der Waals surface area contributed by atoms with Crippen LogP contribution in [0, 0.1) is 5.82 Å². The first kappa shape index (κ1) is 13.9. The molecule has 0 saturated carbocycles. The number of hydrogen-bond acceptors (Lipinski definition) is 4. The molecule has 1 amide bonds. The third-order valence-electron chi connectivity index (χ3n) is 2.23. The van der Waals surface area contributed by atoms with E-state index in [-0.39, 0.29) is 24.2 Å². The van der Waals surface area contributed by atoms with Crippen LogP contribution in [0.3, 0.4) is 0 Å². The van der Waals surface area contributed by atoms with Crippen LogP contribution in [0.5, 0.6) is 0 Å². The summed E-state index contributed by atoms with van der Waals surface area (Å²) >= 11 is 0. The van der Waals surface area contributed by atoms with E-state index in [1.807, 2.05) is 0 Å². The average molecular weight is 256 g/mol. The van der Waals surface area contributed by atoms with Crippen molar-refractivity contribution in [1.82, 2.24) is 5.32 Å². The van der Waals surface area contributed by atoms with Gasteiger partial charge < -0.3 is 21.3 Å². The lowest BCUT2D eigenvalue weighted by atomic mass is 10.1. The molecule has 1 aromatic rings. The molecule has 0 unspecified atom stereocenters. The summed E-state index contributed by atoms with van der Waals surface area (Å²) in [7, 11) is 0. The number of halogens is 1. The second-order valence-corrected chi connectivity index (χ2v) is 3.64. The maximum Gasteiger partial charge on any atom is 0.332 e. The van der Waals surface area contributed by atoms with Gasteiger partial charge in [0.25, 0.3) is 5.91 Å². The number of carboxylic acids is 1. The lowest BCUT2D eigenvalue weighted by molar-refractivity contribution is -0.146. The number of benzene rings is 1. The van der Waals surface area contributed by atoms with Crippen LogP contribution in [0.1, 0.15) is 16.8 Å². The number of hydrogen-bond donors (Lipinski definition) is 4. The van der Waals surface area contributed by atoms with Crippen molar-refractivity contribution in [2.45, 2.75) is 12.5 Å². The molecule has 0 heterocycles. The van der Waals surface area contributed by atoms with E-state index >= 15 is 0 Å². The van der Waals surface area contributed by atoms with E-state index in [2.05, 4.69) is 5.32 Å². The third kappa shape index (κ3) is 3.70. The Labute approximate surface area is 102 Å². The van der Waals surface area contributed by atoms with Crippen LogP contribution in [-0.4, -0.2) is 34.7 Å². The fourth-order valence-corrected chi connectivity index (χ4v) is 1.26. The van der Waals surface area contributed by atoms with Crippen molar-refractivity contribution in [2.75, 3.05) is 12.3 Å². The minimum absolute atomic E-state index is 0.0733. The zero-order valence-electron chi connectivity index (χ0n) is 9.39. The average Bonchev–Trinajstić information content (AvgIpc) is 2.28. The number of nitrogens with one attached hydrogen (secondary N) is 1. The maximum atomic E-state index is 13.3. The molecule has 0 spiro atoms. The molecule has 98 valence electrons. The first-order valence-electron chi connectivity index (χ1n) is 5.16. The van der Waals surface area contributed by atoms with Crippen molar-refractivity contribution in [3.63, 3.8) is 0 Å². The summed E-state index contributed by atoms with van der Waals surface area (Å²) in [4.78, 5) is 21.8. The van der Waals surface area contributed by atoms with Crippen LogP contribution < -0.4 is 11.1 Å². The third-order valence-corrected chi connectivity index (χ3v) is 2.23.